The van der Waals surface area contributed by atoms with Crippen molar-refractivity contribution in [2.45, 2.75) is 10.9 Å². The van der Waals surface area contributed by atoms with Crippen molar-refractivity contribution in [2.24, 2.45) is 7.05 Å². The fourth-order valence-electron chi connectivity index (χ4n) is 2.76. The predicted molar refractivity (Wildman–Crippen MR) is 98.1 cm³/mol. The molecule has 0 saturated heterocycles. The number of methoxy groups -OCH3 is 1. The first-order chi connectivity index (χ1) is 11.5. The average Bonchev–Trinajstić information content (AvgIpc) is 2.91. The number of fused-ring (bicyclic) bond motifs is 1. The summed E-state index contributed by atoms with van der Waals surface area (Å²) in [5.74, 6) is 1.18. The van der Waals surface area contributed by atoms with Crippen molar-refractivity contribution in [3.63, 3.8) is 0 Å². The number of aryl methyl sites for hydroxylation is 1. The summed E-state index contributed by atoms with van der Waals surface area (Å²) in [6, 6.07) is 13.7. The van der Waals surface area contributed by atoms with Crippen LogP contribution in [-0.2, 0) is 24.0 Å². The molecule has 0 radical (unpaired) electrons. The highest BCUT2D eigenvalue weighted by atomic mass is 32.2. The Labute approximate surface area is 145 Å². The number of nitrogens with zero attached hydrogens (tertiary/aromatic N) is 3. The number of hydrogen-bond acceptors (Lipinski definition) is 4. The Kier molecular flexibility index (Phi) is 4.69. The fraction of sp³-hybridized carbons (Fsp3) is 0.278. The van der Waals surface area contributed by atoms with Gasteiger partial charge in [-0.15, -0.1) is 0 Å². The van der Waals surface area contributed by atoms with Gasteiger partial charge in [0.1, 0.15) is 11.5 Å². The van der Waals surface area contributed by atoms with Gasteiger partial charge in [-0.05, 0) is 18.2 Å². The van der Waals surface area contributed by atoms with E-state index in [2.05, 4.69) is 4.98 Å². The third-order valence-corrected chi connectivity index (χ3v) is 5.36. The molecule has 0 aliphatic heterocycles. The van der Waals surface area contributed by atoms with Crippen LogP contribution < -0.4 is 9.64 Å². The number of ether oxygens (including phenoxy) is 1. The highest BCUT2D eigenvalue weighted by Gasteiger charge is 2.22. The molecule has 3 rings (SSSR count). The minimum Gasteiger partial charge on any atom is -0.609 e. The van der Waals surface area contributed by atoms with Gasteiger partial charge in [-0.3, -0.25) is 4.57 Å². The molecule has 2 aromatic carbocycles. The minimum atomic E-state index is -1.23. The monoisotopic (exact) mass is 343 g/mol. The molecule has 0 spiro atoms. The summed E-state index contributed by atoms with van der Waals surface area (Å²) in [4.78, 5) is 6.59. The fourth-order valence-corrected chi connectivity index (χ4v) is 4.02. The maximum Gasteiger partial charge on any atom is 0.324 e. The van der Waals surface area contributed by atoms with Crippen molar-refractivity contribution >= 4 is 27.9 Å². The van der Waals surface area contributed by atoms with Crippen molar-refractivity contribution < 1.29 is 9.29 Å². The van der Waals surface area contributed by atoms with E-state index in [0.717, 1.165) is 28.0 Å². The van der Waals surface area contributed by atoms with E-state index in [9.17, 15) is 4.55 Å². The first-order valence-electron chi connectivity index (χ1n) is 7.65. The lowest BCUT2D eigenvalue weighted by atomic mass is 10.2. The number of hydrogen-bond donors (Lipinski definition) is 0. The van der Waals surface area contributed by atoms with Crippen molar-refractivity contribution in [2.75, 3.05) is 26.1 Å². The molecule has 0 bridgehead atoms. The second-order valence-electron chi connectivity index (χ2n) is 5.82. The number of imidazole rings is 1. The summed E-state index contributed by atoms with van der Waals surface area (Å²) < 4.78 is 20.0. The summed E-state index contributed by atoms with van der Waals surface area (Å²) in [5.41, 5.74) is 3.86. The predicted octanol–water partition coefficient (Wildman–Crippen LogP) is 2.96. The Morgan fingerprint density at radius 2 is 1.96 bits per heavy atom. The van der Waals surface area contributed by atoms with Crippen LogP contribution in [-0.4, -0.2) is 35.3 Å². The summed E-state index contributed by atoms with van der Waals surface area (Å²) in [6.07, 6.45) is 0. The number of aromatic nitrogens is 2. The van der Waals surface area contributed by atoms with Gasteiger partial charge in [0.25, 0.3) is 0 Å². The van der Waals surface area contributed by atoms with Crippen LogP contribution in [0.3, 0.4) is 0 Å². The highest BCUT2D eigenvalue weighted by molar-refractivity contribution is 7.90. The van der Waals surface area contributed by atoms with Crippen LogP contribution in [0.2, 0.25) is 0 Å². The van der Waals surface area contributed by atoms with Gasteiger partial charge >= 0.3 is 5.16 Å². The zero-order valence-electron chi connectivity index (χ0n) is 14.3. The van der Waals surface area contributed by atoms with Crippen molar-refractivity contribution in [3.05, 3.63) is 48.0 Å². The molecule has 0 amide bonds. The van der Waals surface area contributed by atoms with Gasteiger partial charge < -0.3 is 14.2 Å². The van der Waals surface area contributed by atoms with Crippen molar-refractivity contribution in [1.29, 1.82) is 0 Å². The Bertz CT molecular complexity index is 861. The number of benzene rings is 2. The second-order valence-corrected chi connectivity index (χ2v) is 7.17. The Morgan fingerprint density at radius 1 is 1.21 bits per heavy atom. The topological polar surface area (TPSA) is 53.4 Å². The largest absolute Gasteiger partial charge is 0.609 e. The summed E-state index contributed by atoms with van der Waals surface area (Å²) >= 11 is -1.23. The van der Waals surface area contributed by atoms with E-state index in [1.54, 1.807) is 7.11 Å². The molecule has 0 saturated carbocycles. The molecular formula is C18H21N3O2S. The average molecular weight is 343 g/mol. The molecule has 1 heterocycles. The van der Waals surface area contributed by atoms with Gasteiger partial charge in [0.15, 0.2) is 0 Å². The third kappa shape index (κ3) is 3.07. The first kappa shape index (κ1) is 16.7. The number of para-hydroxylation sites is 1. The van der Waals surface area contributed by atoms with Crippen LogP contribution in [0, 0.1) is 0 Å². The van der Waals surface area contributed by atoms with Crippen molar-refractivity contribution in [1.82, 2.24) is 9.55 Å². The molecule has 0 fully saturated rings. The Hall–Kier alpha value is -2.18. The smallest absolute Gasteiger partial charge is 0.324 e. The Balaban J connectivity index is 1.94. The lowest BCUT2D eigenvalue weighted by Gasteiger charge is -2.18. The molecule has 0 aliphatic carbocycles. The molecule has 5 nitrogen and oxygen atoms in total. The van der Waals surface area contributed by atoms with Gasteiger partial charge in [-0.2, -0.15) is 4.98 Å². The van der Waals surface area contributed by atoms with E-state index >= 15 is 0 Å². The maximum atomic E-state index is 12.9. The van der Waals surface area contributed by atoms with E-state index in [0.29, 0.717) is 10.9 Å². The van der Waals surface area contributed by atoms with Crippen LogP contribution in [0.25, 0.3) is 11.0 Å². The number of anilines is 1. The van der Waals surface area contributed by atoms with Crippen LogP contribution >= 0.6 is 0 Å². The molecular weight excluding hydrogens is 322 g/mol. The number of rotatable bonds is 5. The van der Waals surface area contributed by atoms with Gasteiger partial charge in [-0.1, -0.05) is 18.2 Å². The first-order valence-corrected chi connectivity index (χ1v) is 8.97. The molecule has 0 aliphatic rings. The molecule has 1 atom stereocenters. The van der Waals surface area contributed by atoms with Gasteiger partial charge in [0.05, 0.1) is 18.1 Å². The second kappa shape index (κ2) is 6.75. The highest BCUT2D eigenvalue weighted by Crippen LogP contribution is 2.27. The van der Waals surface area contributed by atoms with E-state index < -0.39 is 11.2 Å². The van der Waals surface area contributed by atoms with Crippen LogP contribution in [0.1, 0.15) is 5.56 Å². The standard InChI is InChI=1S/C18H21N3O2S/c1-20(2)16-8-6-5-7-13(16)12-24(22)18-19-15-11-14(23-4)9-10-17(15)21(18)3/h5-11H,12H2,1-4H3. The molecule has 1 unspecified atom stereocenters. The van der Waals surface area contributed by atoms with E-state index in [-0.39, 0.29) is 0 Å². The Morgan fingerprint density at radius 3 is 2.67 bits per heavy atom. The van der Waals surface area contributed by atoms with Crippen molar-refractivity contribution in [3.8, 4) is 5.75 Å². The lowest BCUT2D eigenvalue weighted by Crippen LogP contribution is -2.15. The zero-order valence-corrected chi connectivity index (χ0v) is 15.1. The molecule has 3 aromatic rings. The summed E-state index contributed by atoms with van der Waals surface area (Å²) in [5, 5.41) is 0.576. The molecule has 1 aromatic heterocycles. The maximum absolute atomic E-state index is 12.9. The van der Waals surface area contributed by atoms with E-state index in [4.69, 9.17) is 4.74 Å². The molecule has 24 heavy (non-hydrogen) atoms. The summed E-state index contributed by atoms with van der Waals surface area (Å²) in [6.45, 7) is 0. The zero-order chi connectivity index (χ0) is 17.3. The molecule has 0 N–H and O–H groups in total. The SMILES string of the molecule is COc1ccc2c(c1)nc([S+]([O-])Cc1ccccc1N(C)C)n2C. The lowest BCUT2D eigenvalue weighted by molar-refractivity contribution is 0.415. The minimum absolute atomic E-state index is 0.433. The van der Waals surface area contributed by atoms with Gasteiger partial charge in [0, 0.05) is 49.6 Å². The van der Waals surface area contributed by atoms with Gasteiger partial charge in [0.2, 0.25) is 0 Å². The third-order valence-electron chi connectivity index (χ3n) is 4.01. The van der Waals surface area contributed by atoms with Crippen LogP contribution in [0.4, 0.5) is 5.69 Å². The quantitative estimate of drug-likeness (QED) is 0.669. The van der Waals surface area contributed by atoms with E-state index in [1.165, 1.54) is 0 Å². The van der Waals surface area contributed by atoms with Gasteiger partial charge in [-0.25, -0.2) is 0 Å². The van der Waals surface area contributed by atoms with Crippen LogP contribution in [0.15, 0.2) is 47.6 Å². The normalized spacial score (nSPS) is 12.4. The molecule has 6 heteroatoms. The van der Waals surface area contributed by atoms with Crippen LogP contribution in [0.5, 0.6) is 5.75 Å². The molecule has 126 valence electrons. The van der Waals surface area contributed by atoms with E-state index in [1.807, 2.05) is 73.1 Å². The summed E-state index contributed by atoms with van der Waals surface area (Å²) in [7, 11) is 7.50.